The van der Waals surface area contributed by atoms with Crippen LogP contribution < -0.4 is 5.32 Å². The molecule has 1 aliphatic rings. The standard InChI is InChI=1S/C4H8NO2P/c6-1-4-5-2-8-3-7-4/h1,4-5,8H,2-3H2. The zero-order valence-electron chi connectivity index (χ0n) is 4.39. The van der Waals surface area contributed by atoms with Crippen molar-refractivity contribution in [2.75, 3.05) is 12.6 Å². The van der Waals surface area contributed by atoms with Crippen molar-refractivity contribution in [3.63, 3.8) is 0 Å². The SMILES string of the molecule is O=CC1NCPCO1. The Morgan fingerprint density at radius 3 is 3.12 bits per heavy atom. The molecule has 2 atom stereocenters. The minimum Gasteiger partial charge on any atom is -0.352 e. The molecule has 0 radical (unpaired) electrons. The fraction of sp³-hybridized carbons (Fsp3) is 0.750. The van der Waals surface area contributed by atoms with Crippen LogP contribution in [0.25, 0.3) is 0 Å². The molecule has 1 aliphatic heterocycles. The second kappa shape index (κ2) is 3.13. The fourth-order valence-electron chi connectivity index (χ4n) is 0.519. The van der Waals surface area contributed by atoms with Crippen LogP contribution in [0.15, 0.2) is 0 Å². The predicted molar refractivity (Wildman–Crippen MR) is 32.1 cm³/mol. The Labute approximate surface area is 49.6 Å². The number of carbonyl (C=O) groups excluding carboxylic acids is 1. The molecule has 3 nitrogen and oxygen atoms in total. The Morgan fingerprint density at radius 2 is 2.75 bits per heavy atom. The van der Waals surface area contributed by atoms with E-state index in [1.807, 2.05) is 0 Å². The highest BCUT2D eigenvalue weighted by atomic mass is 31.1. The van der Waals surface area contributed by atoms with E-state index in [4.69, 9.17) is 4.74 Å². The third-order valence-corrected chi connectivity index (χ3v) is 1.74. The lowest BCUT2D eigenvalue weighted by Crippen LogP contribution is -2.35. The first kappa shape index (κ1) is 6.14. The van der Waals surface area contributed by atoms with Gasteiger partial charge in [-0.2, -0.15) is 0 Å². The van der Waals surface area contributed by atoms with Gasteiger partial charge in [0.25, 0.3) is 0 Å². The normalized spacial score (nSPS) is 32.8. The second-order valence-corrected chi connectivity index (χ2v) is 2.64. The largest absolute Gasteiger partial charge is 0.352 e. The molecule has 0 saturated carbocycles. The maximum absolute atomic E-state index is 9.98. The third kappa shape index (κ3) is 1.51. The number of hydrogen-bond donors (Lipinski definition) is 1. The Balaban J connectivity index is 2.22. The number of ether oxygens (including phenoxy) is 1. The molecule has 0 aromatic rings. The van der Waals surface area contributed by atoms with Gasteiger partial charge in [-0.1, -0.05) is 8.58 Å². The van der Waals surface area contributed by atoms with Gasteiger partial charge in [0.2, 0.25) is 0 Å². The van der Waals surface area contributed by atoms with Crippen LogP contribution in [0.5, 0.6) is 0 Å². The molecule has 46 valence electrons. The summed E-state index contributed by atoms with van der Waals surface area (Å²) >= 11 is 0. The van der Waals surface area contributed by atoms with E-state index in [1.54, 1.807) is 0 Å². The Bertz CT molecular complexity index is 82.1. The summed E-state index contributed by atoms with van der Waals surface area (Å²) in [6.07, 6.45) is 2.10. The van der Waals surface area contributed by atoms with E-state index < -0.39 is 0 Å². The van der Waals surface area contributed by atoms with Crippen molar-refractivity contribution in [2.24, 2.45) is 0 Å². The summed E-state index contributed by atoms with van der Waals surface area (Å²) in [4.78, 5) is 9.98. The van der Waals surface area contributed by atoms with E-state index in [1.165, 1.54) is 0 Å². The van der Waals surface area contributed by atoms with Crippen molar-refractivity contribution in [3.05, 3.63) is 0 Å². The van der Waals surface area contributed by atoms with Crippen LogP contribution in [0.1, 0.15) is 0 Å². The van der Waals surface area contributed by atoms with Gasteiger partial charge in [-0.15, -0.1) is 0 Å². The summed E-state index contributed by atoms with van der Waals surface area (Å²) in [5, 5.41) is 2.89. The average molecular weight is 133 g/mol. The molecule has 0 aromatic carbocycles. The summed E-state index contributed by atoms with van der Waals surface area (Å²) in [7, 11) is 0.798. The molecule has 1 saturated heterocycles. The van der Waals surface area contributed by atoms with E-state index in [0.29, 0.717) is 0 Å². The van der Waals surface area contributed by atoms with Crippen LogP contribution in [0.2, 0.25) is 0 Å². The summed E-state index contributed by atoms with van der Waals surface area (Å²) in [5.41, 5.74) is 0. The van der Waals surface area contributed by atoms with Crippen LogP contribution in [0.3, 0.4) is 0 Å². The highest BCUT2D eigenvalue weighted by Gasteiger charge is 2.09. The summed E-state index contributed by atoms with van der Waals surface area (Å²) in [6, 6.07) is 0. The molecule has 1 heterocycles. The van der Waals surface area contributed by atoms with Gasteiger partial charge in [0, 0.05) is 6.29 Å². The molecule has 0 spiro atoms. The van der Waals surface area contributed by atoms with Gasteiger partial charge >= 0.3 is 0 Å². The minimum atomic E-state index is -0.337. The maximum Gasteiger partial charge on any atom is 0.165 e. The molecule has 8 heavy (non-hydrogen) atoms. The van der Waals surface area contributed by atoms with Crippen LogP contribution >= 0.6 is 8.58 Å². The molecule has 1 rings (SSSR count). The molecule has 1 fully saturated rings. The molecule has 0 amide bonds. The van der Waals surface area contributed by atoms with Crippen LogP contribution in [0, 0.1) is 0 Å². The number of aldehydes is 1. The first-order chi connectivity index (χ1) is 3.93. The van der Waals surface area contributed by atoms with E-state index in [-0.39, 0.29) is 6.23 Å². The van der Waals surface area contributed by atoms with E-state index in [0.717, 1.165) is 27.5 Å². The average Bonchev–Trinajstić information content (AvgIpc) is 1.90. The number of nitrogens with one attached hydrogen (secondary N) is 1. The van der Waals surface area contributed by atoms with Gasteiger partial charge in [0.1, 0.15) is 0 Å². The van der Waals surface area contributed by atoms with Crippen molar-refractivity contribution < 1.29 is 9.53 Å². The van der Waals surface area contributed by atoms with Gasteiger partial charge in [0.15, 0.2) is 12.5 Å². The molecule has 0 bridgehead atoms. The second-order valence-electron chi connectivity index (χ2n) is 1.50. The van der Waals surface area contributed by atoms with Crippen molar-refractivity contribution in [1.29, 1.82) is 0 Å². The summed E-state index contributed by atoms with van der Waals surface area (Å²) < 4.78 is 4.96. The highest BCUT2D eigenvalue weighted by molar-refractivity contribution is 7.37. The lowest BCUT2D eigenvalue weighted by molar-refractivity contribution is -0.118. The molecular formula is C4H8NO2P. The number of carbonyl (C=O) groups is 1. The molecule has 2 unspecified atom stereocenters. The Morgan fingerprint density at radius 1 is 1.88 bits per heavy atom. The quantitative estimate of drug-likeness (QED) is 0.395. The minimum absolute atomic E-state index is 0.337. The Kier molecular flexibility index (Phi) is 2.40. The van der Waals surface area contributed by atoms with Crippen molar-refractivity contribution in [3.8, 4) is 0 Å². The summed E-state index contributed by atoms with van der Waals surface area (Å²) in [6.45, 7) is 0. The van der Waals surface area contributed by atoms with Crippen LogP contribution in [-0.4, -0.2) is 25.1 Å². The van der Waals surface area contributed by atoms with E-state index in [9.17, 15) is 4.79 Å². The zero-order chi connectivity index (χ0) is 5.82. The molecular weight excluding hydrogens is 125 g/mol. The first-order valence-electron chi connectivity index (χ1n) is 2.44. The lowest BCUT2D eigenvalue weighted by atomic mass is 10.6. The van der Waals surface area contributed by atoms with Crippen LogP contribution in [0.4, 0.5) is 0 Å². The molecule has 4 heteroatoms. The third-order valence-electron chi connectivity index (χ3n) is 0.917. The first-order valence-corrected chi connectivity index (χ1v) is 3.86. The fourth-order valence-corrected chi connectivity index (χ4v) is 1.26. The van der Waals surface area contributed by atoms with Crippen molar-refractivity contribution >= 4 is 14.9 Å². The van der Waals surface area contributed by atoms with Gasteiger partial charge in [-0.05, 0) is 0 Å². The van der Waals surface area contributed by atoms with E-state index >= 15 is 0 Å². The molecule has 0 aliphatic carbocycles. The van der Waals surface area contributed by atoms with Crippen LogP contribution in [-0.2, 0) is 9.53 Å². The molecule has 1 N–H and O–H groups in total. The monoisotopic (exact) mass is 133 g/mol. The van der Waals surface area contributed by atoms with Gasteiger partial charge in [0.05, 0.1) is 6.35 Å². The topological polar surface area (TPSA) is 38.3 Å². The van der Waals surface area contributed by atoms with Crippen molar-refractivity contribution in [2.45, 2.75) is 6.23 Å². The van der Waals surface area contributed by atoms with Gasteiger partial charge < -0.3 is 4.74 Å². The smallest absolute Gasteiger partial charge is 0.165 e. The van der Waals surface area contributed by atoms with Gasteiger partial charge in [-0.3, -0.25) is 10.1 Å². The highest BCUT2D eigenvalue weighted by Crippen LogP contribution is 2.12. The van der Waals surface area contributed by atoms with Crippen molar-refractivity contribution in [1.82, 2.24) is 5.32 Å². The number of hydrogen-bond acceptors (Lipinski definition) is 3. The molecule has 0 aromatic heterocycles. The van der Waals surface area contributed by atoms with E-state index in [2.05, 4.69) is 5.32 Å². The van der Waals surface area contributed by atoms with Gasteiger partial charge in [-0.25, -0.2) is 0 Å². The summed E-state index contributed by atoms with van der Waals surface area (Å²) in [5.74, 6) is 0. The maximum atomic E-state index is 9.98. The number of rotatable bonds is 1. The lowest BCUT2D eigenvalue weighted by Gasteiger charge is -2.18. The Hall–Kier alpha value is 0.0200. The zero-order valence-corrected chi connectivity index (χ0v) is 5.39. The predicted octanol–water partition coefficient (Wildman–Crippen LogP) is -0.275.